The number of hydrogen-bond acceptors (Lipinski definition) is 4. The van der Waals surface area contributed by atoms with Crippen molar-refractivity contribution in [1.82, 2.24) is 10.3 Å². The van der Waals surface area contributed by atoms with E-state index in [4.69, 9.17) is 4.74 Å². The van der Waals surface area contributed by atoms with E-state index in [0.717, 1.165) is 5.56 Å². The topological polar surface area (TPSA) is 51.2 Å². The summed E-state index contributed by atoms with van der Waals surface area (Å²) in [6.07, 6.45) is 3.91. The molecule has 100 valence electrons. The van der Waals surface area contributed by atoms with Gasteiger partial charge in [0.05, 0.1) is 6.42 Å². The number of carbonyl (C=O) groups is 1. The van der Waals surface area contributed by atoms with Crippen LogP contribution in [0, 0.1) is 0 Å². The molecule has 0 saturated heterocycles. The maximum absolute atomic E-state index is 11.5. The van der Waals surface area contributed by atoms with Crippen LogP contribution in [-0.2, 0) is 9.53 Å². The molecule has 0 amide bonds. The highest BCUT2D eigenvalue weighted by atomic mass is 16.6. The number of aromatic nitrogens is 1. The highest BCUT2D eigenvalue weighted by Gasteiger charge is 2.16. The lowest BCUT2D eigenvalue weighted by Crippen LogP contribution is -2.27. The third-order valence-corrected chi connectivity index (χ3v) is 2.41. The van der Waals surface area contributed by atoms with Crippen LogP contribution >= 0.6 is 0 Å². The summed E-state index contributed by atoms with van der Waals surface area (Å²) in [5.74, 6) is -0.170. The second-order valence-corrected chi connectivity index (χ2v) is 5.29. The summed E-state index contributed by atoms with van der Waals surface area (Å²) in [6, 6.07) is 4.13. The second kappa shape index (κ2) is 6.50. The molecule has 1 atom stereocenters. The van der Waals surface area contributed by atoms with Crippen molar-refractivity contribution in [3.8, 4) is 0 Å². The maximum Gasteiger partial charge on any atom is 0.307 e. The molecular formula is C14H22N2O2. The third kappa shape index (κ3) is 5.77. The molecule has 0 bridgehead atoms. The van der Waals surface area contributed by atoms with Crippen molar-refractivity contribution in [2.75, 3.05) is 6.54 Å². The van der Waals surface area contributed by atoms with Gasteiger partial charge in [0.15, 0.2) is 0 Å². The number of carbonyl (C=O) groups excluding carboxylic acids is 1. The van der Waals surface area contributed by atoms with Gasteiger partial charge in [0, 0.05) is 25.0 Å². The number of hydrogen-bond donors (Lipinski definition) is 1. The predicted octanol–water partition coefficient (Wildman–Crippen LogP) is 2.46. The molecule has 0 unspecified atom stereocenters. The van der Waals surface area contributed by atoms with Crippen LogP contribution in [0.3, 0.4) is 0 Å². The van der Waals surface area contributed by atoms with Gasteiger partial charge in [-0.05, 0) is 45.4 Å². The quantitative estimate of drug-likeness (QED) is 0.816. The summed E-state index contributed by atoms with van der Waals surface area (Å²) in [4.78, 5) is 15.5. The first-order chi connectivity index (χ1) is 8.38. The van der Waals surface area contributed by atoms with Gasteiger partial charge >= 0.3 is 5.97 Å². The molecule has 1 heterocycles. The average Bonchev–Trinajstić information content (AvgIpc) is 2.27. The number of rotatable bonds is 5. The highest BCUT2D eigenvalue weighted by molar-refractivity contribution is 5.70. The fourth-order valence-corrected chi connectivity index (χ4v) is 1.55. The van der Waals surface area contributed by atoms with Crippen molar-refractivity contribution in [2.45, 2.75) is 45.8 Å². The van der Waals surface area contributed by atoms with Gasteiger partial charge in [-0.25, -0.2) is 0 Å². The molecule has 0 spiro atoms. The zero-order valence-corrected chi connectivity index (χ0v) is 11.6. The smallest absolute Gasteiger partial charge is 0.307 e. The Labute approximate surface area is 109 Å². The molecule has 1 rings (SSSR count). The minimum atomic E-state index is -0.409. The SMILES string of the molecule is C[C@H](NCCC(=O)OC(C)(C)C)c1ccncc1. The Morgan fingerprint density at radius 3 is 2.56 bits per heavy atom. The summed E-state index contributed by atoms with van der Waals surface area (Å²) in [5, 5.41) is 3.29. The van der Waals surface area contributed by atoms with Gasteiger partial charge in [-0.15, -0.1) is 0 Å². The van der Waals surface area contributed by atoms with Gasteiger partial charge in [0.1, 0.15) is 5.60 Å². The molecular weight excluding hydrogens is 228 g/mol. The average molecular weight is 250 g/mol. The normalized spacial score (nSPS) is 13.1. The van der Waals surface area contributed by atoms with Crippen molar-refractivity contribution < 1.29 is 9.53 Å². The molecule has 0 aliphatic carbocycles. The van der Waals surface area contributed by atoms with E-state index in [1.807, 2.05) is 32.9 Å². The first-order valence-corrected chi connectivity index (χ1v) is 6.23. The molecule has 0 aromatic carbocycles. The summed E-state index contributed by atoms with van der Waals surface area (Å²) in [5.41, 5.74) is 0.752. The van der Waals surface area contributed by atoms with Gasteiger partial charge in [0.2, 0.25) is 0 Å². The van der Waals surface area contributed by atoms with Gasteiger partial charge in [0.25, 0.3) is 0 Å². The van der Waals surface area contributed by atoms with E-state index in [9.17, 15) is 4.79 Å². The minimum absolute atomic E-state index is 0.170. The molecule has 0 saturated carbocycles. The Bertz CT molecular complexity index is 371. The minimum Gasteiger partial charge on any atom is -0.460 e. The fraction of sp³-hybridized carbons (Fsp3) is 0.571. The Hall–Kier alpha value is -1.42. The molecule has 0 aliphatic heterocycles. The van der Waals surface area contributed by atoms with Gasteiger partial charge in [-0.2, -0.15) is 0 Å². The number of pyridine rings is 1. The zero-order valence-electron chi connectivity index (χ0n) is 11.6. The van der Waals surface area contributed by atoms with Crippen LogP contribution in [0.4, 0.5) is 0 Å². The fourth-order valence-electron chi connectivity index (χ4n) is 1.55. The lowest BCUT2D eigenvalue weighted by molar-refractivity contribution is -0.154. The molecule has 0 fully saturated rings. The Kier molecular flexibility index (Phi) is 5.28. The van der Waals surface area contributed by atoms with Crippen LogP contribution in [0.25, 0.3) is 0 Å². The first-order valence-electron chi connectivity index (χ1n) is 6.23. The Morgan fingerprint density at radius 2 is 2.00 bits per heavy atom. The molecule has 4 heteroatoms. The standard InChI is InChI=1S/C14H22N2O2/c1-11(12-5-8-15-9-6-12)16-10-7-13(17)18-14(2,3)4/h5-6,8-9,11,16H,7,10H2,1-4H3/t11-/m0/s1. The lowest BCUT2D eigenvalue weighted by Gasteiger charge is -2.20. The summed E-state index contributed by atoms with van der Waals surface area (Å²) in [7, 11) is 0. The van der Waals surface area contributed by atoms with Crippen molar-refractivity contribution in [1.29, 1.82) is 0 Å². The van der Waals surface area contributed by atoms with E-state index >= 15 is 0 Å². The van der Waals surface area contributed by atoms with E-state index < -0.39 is 5.60 Å². The number of nitrogens with one attached hydrogen (secondary N) is 1. The molecule has 0 aliphatic rings. The van der Waals surface area contributed by atoms with E-state index in [2.05, 4.69) is 17.2 Å². The third-order valence-electron chi connectivity index (χ3n) is 2.41. The molecule has 1 N–H and O–H groups in total. The molecule has 1 aromatic heterocycles. The largest absolute Gasteiger partial charge is 0.460 e. The van der Waals surface area contributed by atoms with Crippen LogP contribution in [-0.4, -0.2) is 23.1 Å². The van der Waals surface area contributed by atoms with Crippen LogP contribution in [0.5, 0.6) is 0 Å². The van der Waals surface area contributed by atoms with Gasteiger partial charge in [-0.3, -0.25) is 9.78 Å². The van der Waals surface area contributed by atoms with Gasteiger partial charge < -0.3 is 10.1 Å². The summed E-state index contributed by atoms with van der Waals surface area (Å²) < 4.78 is 5.24. The van der Waals surface area contributed by atoms with E-state index in [-0.39, 0.29) is 12.0 Å². The van der Waals surface area contributed by atoms with Crippen LogP contribution < -0.4 is 5.32 Å². The van der Waals surface area contributed by atoms with Crippen LogP contribution in [0.2, 0.25) is 0 Å². The molecule has 1 aromatic rings. The number of nitrogens with zero attached hydrogens (tertiary/aromatic N) is 1. The Morgan fingerprint density at radius 1 is 1.39 bits per heavy atom. The maximum atomic E-state index is 11.5. The van der Waals surface area contributed by atoms with E-state index in [1.165, 1.54) is 0 Å². The van der Waals surface area contributed by atoms with Crippen molar-refractivity contribution in [2.24, 2.45) is 0 Å². The van der Waals surface area contributed by atoms with E-state index in [1.54, 1.807) is 12.4 Å². The van der Waals surface area contributed by atoms with E-state index in [0.29, 0.717) is 13.0 Å². The first kappa shape index (κ1) is 14.6. The molecule has 4 nitrogen and oxygen atoms in total. The summed E-state index contributed by atoms with van der Waals surface area (Å²) in [6.45, 7) is 8.29. The summed E-state index contributed by atoms with van der Waals surface area (Å²) >= 11 is 0. The van der Waals surface area contributed by atoms with Crippen LogP contribution in [0.1, 0.15) is 45.7 Å². The predicted molar refractivity (Wildman–Crippen MR) is 71.1 cm³/mol. The van der Waals surface area contributed by atoms with Gasteiger partial charge in [-0.1, -0.05) is 0 Å². The monoisotopic (exact) mass is 250 g/mol. The Balaban J connectivity index is 2.28. The van der Waals surface area contributed by atoms with Crippen LogP contribution in [0.15, 0.2) is 24.5 Å². The van der Waals surface area contributed by atoms with Crippen molar-refractivity contribution in [3.05, 3.63) is 30.1 Å². The molecule has 0 radical (unpaired) electrons. The van der Waals surface area contributed by atoms with Crippen molar-refractivity contribution >= 4 is 5.97 Å². The lowest BCUT2D eigenvalue weighted by atomic mass is 10.1. The zero-order chi connectivity index (χ0) is 13.6. The number of esters is 1. The number of ether oxygens (including phenoxy) is 1. The highest BCUT2D eigenvalue weighted by Crippen LogP contribution is 2.11. The van der Waals surface area contributed by atoms with Crippen molar-refractivity contribution in [3.63, 3.8) is 0 Å². The second-order valence-electron chi connectivity index (χ2n) is 5.29. The molecule has 18 heavy (non-hydrogen) atoms.